The van der Waals surface area contributed by atoms with Gasteiger partial charge in [-0.1, -0.05) is 47.7 Å². The molecule has 4 aromatic rings. The summed E-state index contributed by atoms with van der Waals surface area (Å²) < 4.78 is 13.1. The Bertz CT molecular complexity index is 1020. The van der Waals surface area contributed by atoms with Crippen LogP contribution in [0.1, 0.15) is 5.56 Å². The molecule has 0 radical (unpaired) electrons. The molecule has 3 aromatic carbocycles. The van der Waals surface area contributed by atoms with E-state index in [0.717, 1.165) is 22.3 Å². The van der Waals surface area contributed by atoms with Gasteiger partial charge in [0, 0.05) is 0 Å². The Kier molecular flexibility index (Phi) is 5.49. The number of ether oxygens (including phenoxy) is 2. The van der Waals surface area contributed by atoms with Crippen molar-refractivity contribution in [2.24, 2.45) is 0 Å². The Morgan fingerprint density at radius 3 is 2.29 bits per heavy atom. The van der Waals surface area contributed by atoms with Crippen LogP contribution in [0.5, 0.6) is 11.5 Å². The minimum atomic E-state index is -0.695. The Labute approximate surface area is 163 Å². The Hall–Kier alpha value is -3.38. The highest BCUT2D eigenvalue weighted by molar-refractivity contribution is 5.73. The van der Waals surface area contributed by atoms with Gasteiger partial charge in [-0.3, -0.25) is 0 Å². The van der Waals surface area contributed by atoms with E-state index < -0.39 is 6.10 Å². The summed E-state index contributed by atoms with van der Waals surface area (Å²) in [5.41, 5.74) is 2.81. The molecule has 0 saturated heterocycles. The van der Waals surface area contributed by atoms with Gasteiger partial charge in [-0.2, -0.15) is 0 Å². The van der Waals surface area contributed by atoms with E-state index in [1.54, 1.807) is 4.68 Å². The van der Waals surface area contributed by atoms with Gasteiger partial charge >= 0.3 is 0 Å². The quantitative estimate of drug-likeness (QED) is 0.511. The zero-order valence-corrected chi connectivity index (χ0v) is 15.3. The molecule has 6 nitrogen and oxygen atoms in total. The molecule has 4 rings (SSSR count). The van der Waals surface area contributed by atoms with Gasteiger partial charge in [-0.25, -0.2) is 4.68 Å². The number of para-hydroxylation sites is 1. The van der Waals surface area contributed by atoms with Crippen molar-refractivity contribution >= 4 is 11.0 Å². The van der Waals surface area contributed by atoms with Crippen LogP contribution in [0.15, 0.2) is 78.9 Å². The number of benzene rings is 3. The highest BCUT2D eigenvalue weighted by Gasteiger charge is 2.10. The second-order valence-electron chi connectivity index (χ2n) is 6.47. The predicted octanol–water partition coefficient (Wildman–Crippen LogP) is 3.45. The minimum absolute atomic E-state index is 0.165. The lowest BCUT2D eigenvalue weighted by atomic mass is 10.2. The number of rotatable bonds is 8. The summed E-state index contributed by atoms with van der Waals surface area (Å²) in [5.74, 6) is 1.44. The summed E-state index contributed by atoms with van der Waals surface area (Å²) in [6.07, 6.45) is -0.695. The predicted molar refractivity (Wildman–Crippen MR) is 106 cm³/mol. The van der Waals surface area contributed by atoms with Crippen LogP contribution in [0.25, 0.3) is 11.0 Å². The average molecular weight is 375 g/mol. The van der Waals surface area contributed by atoms with E-state index in [1.165, 1.54) is 0 Å². The fourth-order valence-electron chi connectivity index (χ4n) is 2.87. The number of hydrogen-bond acceptors (Lipinski definition) is 5. The van der Waals surface area contributed by atoms with E-state index in [4.69, 9.17) is 9.47 Å². The maximum Gasteiger partial charge on any atom is 0.120 e. The lowest BCUT2D eigenvalue weighted by molar-refractivity contribution is 0.0899. The van der Waals surface area contributed by atoms with E-state index in [9.17, 15) is 5.11 Å². The average Bonchev–Trinajstić information content (AvgIpc) is 3.15. The lowest BCUT2D eigenvalue weighted by Gasteiger charge is -2.13. The number of aromatic nitrogens is 3. The first-order valence-electron chi connectivity index (χ1n) is 9.14. The van der Waals surface area contributed by atoms with Crippen molar-refractivity contribution in [3.8, 4) is 11.5 Å². The van der Waals surface area contributed by atoms with Gasteiger partial charge in [-0.05, 0) is 42.0 Å². The van der Waals surface area contributed by atoms with E-state index in [0.29, 0.717) is 18.9 Å². The molecule has 0 spiro atoms. The third kappa shape index (κ3) is 4.47. The zero-order valence-electron chi connectivity index (χ0n) is 15.3. The molecule has 1 aromatic heterocycles. The normalized spacial score (nSPS) is 12.0. The molecule has 142 valence electrons. The number of nitrogens with zero attached hydrogens (tertiary/aromatic N) is 3. The molecule has 0 aliphatic heterocycles. The summed E-state index contributed by atoms with van der Waals surface area (Å²) in [6, 6.07) is 25.0. The summed E-state index contributed by atoms with van der Waals surface area (Å²) in [5, 5.41) is 18.4. The van der Waals surface area contributed by atoms with Crippen molar-refractivity contribution in [3.63, 3.8) is 0 Å². The van der Waals surface area contributed by atoms with E-state index >= 15 is 0 Å². The van der Waals surface area contributed by atoms with Crippen molar-refractivity contribution in [1.29, 1.82) is 0 Å². The molecule has 28 heavy (non-hydrogen) atoms. The number of aliphatic hydroxyl groups excluding tert-OH is 1. The highest BCUT2D eigenvalue weighted by Crippen LogP contribution is 2.19. The molecule has 0 amide bonds. The minimum Gasteiger partial charge on any atom is -0.491 e. The van der Waals surface area contributed by atoms with Gasteiger partial charge in [-0.15, -0.1) is 5.10 Å². The summed E-state index contributed by atoms with van der Waals surface area (Å²) in [7, 11) is 0. The molecular weight excluding hydrogens is 354 g/mol. The van der Waals surface area contributed by atoms with Crippen molar-refractivity contribution in [2.75, 3.05) is 6.61 Å². The third-order valence-corrected chi connectivity index (χ3v) is 4.32. The van der Waals surface area contributed by atoms with Crippen LogP contribution in [0.2, 0.25) is 0 Å². The number of fused-ring (bicyclic) bond motifs is 1. The van der Waals surface area contributed by atoms with Gasteiger partial charge in [0.15, 0.2) is 0 Å². The molecule has 1 heterocycles. The molecule has 0 saturated carbocycles. The number of aliphatic hydroxyl groups is 1. The summed E-state index contributed by atoms with van der Waals surface area (Å²) in [6.45, 7) is 1.00. The monoisotopic (exact) mass is 375 g/mol. The molecule has 0 bridgehead atoms. The van der Waals surface area contributed by atoms with Gasteiger partial charge in [0.25, 0.3) is 0 Å². The Morgan fingerprint density at radius 2 is 1.50 bits per heavy atom. The van der Waals surface area contributed by atoms with Crippen molar-refractivity contribution in [1.82, 2.24) is 15.0 Å². The molecule has 6 heteroatoms. The lowest BCUT2D eigenvalue weighted by Crippen LogP contribution is -2.24. The van der Waals surface area contributed by atoms with Gasteiger partial charge in [0.2, 0.25) is 0 Å². The van der Waals surface area contributed by atoms with Crippen LogP contribution in [0.3, 0.4) is 0 Å². The van der Waals surface area contributed by atoms with E-state index in [-0.39, 0.29) is 6.61 Å². The zero-order chi connectivity index (χ0) is 19.2. The Morgan fingerprint density at radius 1 is 0.821 bits per heavy atom. The van der Waals surface area contributed by atoms with Gasteiger partial charge in [0.05, 0.1) is 12.1 Å². The molecule has 1 atom stereocenters. The molecule has 0 aliphatic carbocycles. The van der Waals surface area contributed by atoms with Crippen LogP contribution in [-0.4, -0.2) is 32.8 Å². The van der Waals surface area contributed by atoms with Crippen LogP contribution < -0.4 is 9.47 Å². The van der Waals surface area contributed by atoms with Gasteiger partial charge in [0.1, 0.15) is 36.3 Å². The van der Waals surface area contributed by atoms with Crippen molar-refractivity contribution in [3.05, 3.63) is 84.4 Å². The molecule has 1 N–H and O–H groups in total. The van der Waals surface area contributed by atoms with Gasteiger partial charge < -0.3 is 14.6 Å². The standard InChI is InChI=1S/C22H21N3O3/c26-18(14-25-22-9-5-4-8-21(22)23-24-25)16-28-20-12-10-19(11-13-20)27-15-17-6-2-1-3-7-17/h1-13,18,26H,14-16H2/t18-/m0/s1. The highest BCUT2D eigenvalue weighted by atomic mass is 16.5. The largest absolute Gasteiger partial charge is 0.491 e. The third-order valence-electron chi connectivity index (χ3n) is 4.32. The number of hydrogen-bond donors (Lipinski definition) is 1. The van der Waals surface area contributed by atoms with Crippen molar-refractivity contribution in [2.45, 2.75) is 19.3 Å². The first-order valence-corrected chi connectivity index (χ1v) is 9.14. The molecular formula is C22H21N3O3. The van der Waals surface area contributed by atoms with E-state index in [2.05, 4.69) is 10.3 Å². The molecule has 0 unspecified atom stereocenters. The fraction of sp³-hybridized carbons (Fsp3) is 0.182. The maximum absolute atomic E-state index is 10.3. The first-order chi connectivity index (χ1) is 13.8. The smallest absolute Gasteiger partial charge is 0.120 e. The van der Waals surface area contributed by atoms with Crippen molar-refractivity contribution < 1.29 is 14.6 Å². The topological polar surface area (TPSA) is 69.4 Å². The maximum atomic E-state index is 10.3. The molecule has 0 fully saturated rings. The van der Waals surface area contributed by atoms with Crippen LogP contribution >= 0.6 is 0 Å². The fourth-order valence-corrected chi connectivity index (χ4v) is 2.87. The van der Waals surface area contributed by atoms with Crippen LogP contribution in [-0.2, 0) is 13.2 Å². The second kappa shape index (κ2) is 8.54. The summed E-state index contributed by atoms with van der Waals surface area (Å²) >= 11 is 0. The SMILES string of the molecule is O[C@H](COc1ccc(OCc2ccccc2)cc1)Cn1nnc2ccccc21. The summed E-state index contributed by atoms with van der Waals surface area (Å²) in [4.78, 5) is 0. The van der Waals surface area contributed by atoms with Crippen LogP contribution in [0.4, 0.5) is 0 Å². The van der Waals surface area contributed by atoms with E-state index in [1.807, 2.05) is 78.9 Å². The first kappa shape index (κ1) is 18.0. The van der Waals surface area contributed by atoms with Crippen LogP contribution in [0, 0.1) is 0 Å². The second-order valence-corrected chi connectivity index (χ2v) is 6.47. The molecule has 0 aliphatic rings. The Balaban J connectivity index is 1.27.